The highest BCUT2D eigenvalue weighted by Gasteiger charge is 2.45. The second-order valence-corrected chi connectivity index (χ2v) is 13.1. The summed E-state index contributed by atoms with van der Waals surface area (Å²) in [5.74, 6) is -1.10. The van der Waals surface area contributed by atoms with Gasteiger partial charge in [-0.2, -0.15) is 0 Å². The van der Waals surface area contributed by atoms with E-state index in [1.54, 1.807) is 32.0 Å². The zero-order chi connectivity index (χ0) is 34.3. The highest BCUT2D eigenvalue weighted by molar-refractivity contribution is 6.39. The van der Waals surface area contributed by atoms with Crippen LogP contribution in [0.5, 0.6) is 0 Å². The van der Waals surface area contributed by atoms with E-state index in [9.17, 15) is 19.2 Å². The average molecular weight is 688 g/mol. The number of ketones is 1. The smallest absolute Gasteiger partial charge is 0.410 e. The summed E-state index contributed by atoms with van der Waals surface area (Å²) in [5, 5.41) is 10.1. The Morgan fingerprint density at radius 1 is 1.06 bits per heavy atom. The number of Topliss-reactive ketones (excluding diaryl/α,β-unsaturated/α-hetero) is 1. The van der Waals surface area contributed by atoms with Gasteiger partial charge in [-0.3, -0.25) is 9.59 Å². The number of nitrogens with one attached hydrogen (secondary N) is 2. The predicted molar refractivity (Wildman–Crippen MR) is 177 cm³/mol. The third-order valence-corrected chi connectivity index (χ3v) is 8.84. The van der Waals surface area contributed by atoms with Crippen LogP contribution >= 0.6 is 23.2 Å². The molecule has 1 saturated heterocycles. The van der Waals surface area contributed by atoms with E-state index < -0.39 is 47.5 Å². The van der Waals surface area contributed by atoms with Crippen LogP contribution in [-0.2, 0) is 25.7 Å². The van der Waals surface area contributed by atoms with Crippen molar-refractivity contribution in [1.29, 1.82) is 0 Å². The standard InChI is InChI=1S/C34H40Cl2N4O7/c1-6-7-16-26(30(41)31(42)37-20(2)22-12-9-8-10-13-22)38-32(43)46-27-17-40(19-34(27,4)5)33(44)45-18-23-21(3)47-39-29(23)28-24(35)14-11-15-25(28)36/h8-15,20,26-27H,6-7,16-19H2,1-5H3,(H,37,42)(H,38,43)/t20-,26+,27-/m1/s1. The zero-order valence-corrected chi connectivity index (χ0v) is 28.6. The third kappa shape index (κ3) is 8.84. The molecule has 4 rings (SSSR count). The molecule has 2 heterocycles. The van der Waals surface area contributed by atoms with E-state index in [1.807, 2.05) is 51.1 Å². The molecule has 3 atom stereocenters. The molecule has 0 unspecified atom stereocenters. The van der Waals surface area contributed by atoms with Crippen LogP contribution in [0.3, 0.4) is 0 Å². The van der Waals surface area contributed by atoms with Crippen LogP contribution in [0, 0.1) is 12.3 Å². The van der Waals surface area contributed by atoms with Crippen molar-refractivity contribution in [2.24, 2.45) is 5.41 Å². The Bertz CT molecular complexity index is 1570. The molecule has 11 nitrogen and oxygen atoms in total. The number of nitrogens with zero attached hydrogens (tertiary/aromatic N) is 2. The number of aryl methyl sites for hydroxylation is 1. The number of amides is 3. The van der Waals surface area contributed by atoms with Crippen LogP contribution in [-0.4, -0.2) is 59.2 Å². The Kier molecular flexibility index (Phi) is 11.9. The van der Waals surface area contributed by atoms with Crippen molar-refractivity contribution in [1.82, 2.24) is 20.7 Å². The summed E-state index contributed by atoms with van der Waals surface area (Å²) in [4.78, 5) is 53.6. The number of halogens is 2. The molecule has 2 aromatic carbocycles. The number of carbonyl (C=O) groups excluding carboxylic acids is 4. The van der Waals surface area contributed by atoms with Gasteiger partial charge >= 0.3 is 12.2 Å². The van der Waals surface area contributed by atoms with Gasteiger partial charge in [0.2, 0.25) is 5.78 Å². The lowest BCUT2D eigenvalue weighted by atomic mass is 9.90. The minimum atomic E-state index is -1.07. The fourth-order valence-corrected chi connectivity index (χ4v) is 5.96. The van der Waals surface area contributed by atoms with Crippen LogP contribution in [0.2, 0.25) is 10.0 Å². The van der Waals surface area contributed by atoms with Crippen LogP contribution in [0.4, 0.5) is 9.59 Å². The maximum absolute atomic E-state index is 13.2. The number of aromatic nitrogens is 1. The number of ether oxygens (including phenoxy) is 2. The van der Waals surface area contributed by atoms with Crippen LogP contribution in [0.1, 0.15) is 69.9 Å². The number of hydrogen-bond acceptors (Lipinski definition) is 8. The van der Waals surface area contributed by atoms with Crippen molar-refractivity contribution >= 4 is 47.1 Å². The highest BCUT2D eigenvalue weighted by Crippen LogP contribution is 2.37. The molecule has 0 aliphatic carbocycles. The van der Waals surface area contributed by atoms with Gasteiger partial charge in [-0.05, 0) is 38.0 Å². The first-order valence-corrected chi connectivity index (χ1v) is 16.3. The Morgan fingerprint density at radius 2 is 1.74 bits per heavy atom. The van der Waals surface area contributed by atoms with E-state index in [0.717, 1.165) is 12.0 Å². The quantitative estimate of drug-likeness (QED) is 0.194. The van der Waals surface area contributed by atoms with Crippen molar-refractivity contribution in [2.75, 3.05) is 13.1 Å². The predicted octanol–water partition coefficient (Wildman–Crippen LogP) is 7.04. The molecular formula is C34H40Cl2N4O7. The lowest BCUT2D eigenvalue weighted by molar-refractivity contribution is -0.139. The van der Waals surface area contributed by atoms with E-state index in [2.05, 4.69) is 15.8 Å². The van der Waals surface area contributed by atoms with Crippen LogP contribution in [0.15, 0.2) is 53.1 Å². The summed E-state index contributed by atoms with van der Waals surface area (Å²) in [6, 6.07) is 12.9. The van der Waals surface area contributed by atoms with Gasteiger partial charge in [0.05, 0.1) is 28.2 Å². The van der Waals surface area contributed by atoms with Crippen LogP contribution < -0.4 is 10.6 Å². The molecule has 1 aromatic heterocycles. The number of likely N-dealkylation sites (tertiary alicyclic amines) is 1. The number of benzene rings is 2. The SMILES string of the molecule is CCCC[C@H](NC(=O)O[C@@H]1CN(C(=O)OCc2c(-c3c(Cl)cccc3Cl)noc2C)CC1(C)C)C(=O)C(=O)N[C@H](C)c1ccccc1. The molecule has 1 aliphatic rings. The largest absolute Gasteiger partial charge is 0.444 e. The second kappa shape index (κ2) is 15.7. The van der Waals surface area contributed by atoms with Crippen LogP contribution in [0.25, 0.3) is 11.3 Å². The van der Waals surface area contributed by atoms with Gasteiger partial charge in [-0.25, -0.2) is 9.59 Å². The van der Waals surface area contributed by atoms with E-state index in [4.69, 9.17) is 37.2 Å². The number of carbonyl (C=O) groups is 4. The van der Waals surface area contributed by atoms with Gasteiger partial charge in [-0.15, -0.1) is 0 Å². The minimum Gasteiger partial charge on any atom is -0.444 e. The Hall–Kier alpha value is -4.09. The van der Waals surface area contributed by atoms with E-state index in [1.165, 1.54) is 4.90 Å². The first-order valence-electron chi connectivity index (χ1n) is 15.5. The first-order chi connectivity index (χ1) is 22.3. The molecule has 3 amide bonds. The fraction of sp³-hybridized carbons (Fsp3) is 0.441. The van der Waals surface area contributed by atoms with Crippen molar-refractivity contribution < 1.29 is 33.2 Å². The Morgan fingerprint density at radius 3 is 2.40 bits per heavy atom. The molecule has 1 aliphatic heterocycles. The fourth-order valence-electron chi connectivity index (χ4n) is 5.38. The third-order valence-electron chi connectivity index (χ3n) is 8.21. The maximum Gasteiger partial charge on any atom is 0.410 e. The molecule has 0 saturated carbocycles. The lowest BCUT2D eigenvalue weighted by Crippen LogP contribution is -2.49. The first kappa shape index (κ1) is 35.8. The number of alkyl carbamates (subject to hydrolysis) is 1. The van der Waals surface area contributed by atoms with Gasteiger partial charge in [0.25, 0.3) is 5.91 Å². The van der Waals surface area contributed by atoms with Gasteiger partial charge < -0.3 is 29.5 Å². The van der Waals surface area contributed by atoms with Crippen molar-refractivity contribution in [2.45, 2.75) is 78.7 Å². The minimum absolute atomic E-state index is 0.0632. The molecule has 47 heavy (non-hydrogen) atoms. The number of hydrogen-bond donors (Lipinski definition) is 2. The summed E-state index contributed by atoms with van der Waals surface area (Å²) in [6.45, 7) is 9.29. The van der Waals surface area contributed by atoms with Crippen molar-refractivity contribution in [3.63, 3.8) is 0 Å². The molecule has 0 spiro atoms. The Balaban J connectivity index is 1.36. The Labute approximate surface area is 284 Å². The number of rotatable bonds is 12. The number of unbranched alkanes of at least 4 members (excludes halogenated alkanes) is 1. The molecular weight excluding hydrogens is 647 g/mol. The van der Waals surface area contributed by atoms with Crippen molar-refractivity contribution in [3.05, 3.63) is 75.5 Å². The molecule has 3 aromatic rings. The van der Waals surface area contributed by atoms with Crippen molar-refractivity contribution in [3.8, 4) is 11.3 Å². The molecule has 1 fully saturated rings. The molecule has 0 bridgehead atoms. The second-order valence-electron chi connectivity index (χ2n) is 12.3. The molecule has 0 radical (unpaired) electrons. The van der Waals surface area contributed by atoms with Gasteiger partial charge in [-0.1, -0.05) is 98.4 Å². The zero-order valence-electron chi connectivity index (χ0n) is 27.1. The summed E-state index contributed by atoms with van der Waals surface area (Å²) in [5.41, 5.74) is 1.58. The molecule has 2 N–H and O–H groups in total. The topological polar surface area (TPSA) is 140 Å². The summed E-state index contributed by atoms with van der Waals surface area (Å²) in [6.07, 6.45) is -0.536. The maximum atomic E-state index is 13.2. The van der Waals surface area contributed by atoms with E-state index >= 15 is 0 Å². The highest BCUT2D eigenvalue weighted by atomic mass is 35.5. The normalized spacial score (nSPS) is 16.7. The van der Waals surface area contributed by atoms with E-state index in [0.29, 0.717) is 39.0 Å². The lowest BCUT2D eigenvalue weighted by Gasteiger charge is -2.26. The molecule has 252 valence electrons. The average Bonchev–Trinajstić information content (AvgIpc) is 3.55. The molecule has 13 heteroatoms. The monoisotopic (exact) mass is 686 g/mol. The van der Waals surface area contributed by atoms with Gasteiger partial charge in [0.1, 0.15) is 30.2 Å². The summed E-state index contributed by atoms with van der Waals surface area (Å²) >= 11 is 12.7. The van der Waals surface area contributed by atoms with Gasteiger partial charge in [0, 0.05) is 17.5 Å². The summed E-state index contributed by atoms with van der Waals surface area (Å²) < 4.78 is 16.7. The summed E-state index contributed by atoms with van der Waals surface area (Å²) in [7, 11) is 0. The van der Waals surface area contributed by atoms with E-state index in [-0.39, 0.29) is 26.1 Å². The van der Waals surface area contributed by atoms with Gasteiger partial charge in [0.15, 0.2) is 0 Å².